The number of nitrogens with one attached hydrogen (secondary N) is 1. The predicted octanol–water partition coefficient (Wildman–Crippen LogP) is 2.55. The molecule has 1 atom stereocenters. The molecule has 0 amide bonds. The highest BCUT2D eigenvalue weighted by atomic mass is 15.2. The molecule has 0 bridgehead atoms. The van der Waals surface area contributed by atoms with Crippen LogP contribution in [0.5, 0.6) is 0 Å². The molecule has 0 aromatic carbocycles. The summed E-state index contributed by atoms with van der Waals surface area (Å²) in [5.41, 5.74) is 1.56. The molecule has 2 rings (SSSR count). The number of hydrogen-bond donors (Lipinski definition) is 1. The summed E-state index contributed by atoms with van der Waals surface area (Å²) in [7, 11) is 0. The van der Waals surface area contributed by atoms with Gasteiger partial charge in [-0.15, -0.1) is 0 Å². The molecule has 1 aliphatic heterocycles. The predicted molar refractivity (Wildman–Crippen MR) is 77.1 cm³/mol. The van der Waals surface area contributed by atoms with Gasteiger partial charge < -0.3 is 10.2 Å². The second kappa shape index (κ2) is 6.53. The third-order valence-corrected chi connectivity index (χ3v) is 3.52. The van der Waals surface area contributed by atoms with Crippen LogP contribution < -0.4 is 5.32 Å². The maximum Gasteiger partial charge on any atom is 0.144 e. The molecule has 1 fully saturated rings. The van der Waals surface area contributed by atoms with E-state index in [2.05, 4.69) is 28.2 Å². The van der Waals surface area contributed by atoms with Crippen molar-refractivity contribution in [2.24, 2.45) is 0 Å². The van der Waals surface area contributed by atoms with Gasteiger partial charge in [0.2, 0.25) is 0 Å². The molecular formula is C15H22N4. The Morgan fingerprint density at radius 1 is 1.37 bits per heavy atom. The molecule has 102 valence electrons. The molecule has 0 aliphatic carbocycles. The average molecular weight is 258 g/mol. The molecule has 0 spiro atoms. The molecule has 1 saturated heterocycles. The number of pyridine rings is 1. The van der Waals surface area contributed by atoms with Gasteiger partial charge in [0, 0.05) is 18.3 Å². The van der Waals surface area contributed by atoms with E-state index in [-0.39, 0.29) is 0 Å². The molecule has 0 saturated carbocycles. The molecule has 0 radical (unpaired) electrons. The number of nitrogens with zero attached hydrogens (tertiary/aromatic N) is 3. The van der Waals surface area contributed by atoms with Crippen molar-refractivity contribution in [3.63, 3.8) is 0 Å². The highest BCUT2D eigenvalue weighted by Crippen LogP contribution is 2.15. The van der Waals surface area contributed by atoms with Crippen molar-refractivity contribution < 1.29 is 0 Å². The van der Waals surface area contributed by atoms with Crippen molar-refractivity contribution in [3.05, 3.63) is 23.4 Å². The molecule has 1 aromatic rings. The molecule has 1 aliphatic rings. The van der Waals surface area contributed by atoms with Gasteiger partial charge in [-0.1, -0.05) is 6.42 Å². The fourth-order valence-electron chi connectivity index (χ4n) is 2.57. The first kappa shape index (κ1) is 13.8. The van der Waals surface area contributed by atoms with Crippen LogP contribution >= 0.6 is 0 Å². The van der Waals surface area contributed by atoms with Gasteiger partial charge in [-0.2, -0.15) is 5.26 Å². The first-order valence-corrected chi connectivity index (χ1v) is 7.05. The molecule has 4 nitrogen and oxygen atoms in total. The molecule has 1 N–H and O–H groups in total. The third-order valence-electron chi connectivity index (χ3n) is 3.52. The molecule has 2 heterocycles. The van der Waals surface area contributed by atoms with Gasteiger partial charge in [0.05, 0.1) is 5.56 Å². The van der Waals surface area contributed by atoms with Crippen LogP contribution in [0, 0.1) is 18.3 Å². The van der Waals surface area contributed by atoms with Crippen LogP contribution in [0.25, 0.3) is 0 Å². The minimum absolute atomic E-state index is 0.305. The van der Waals surface area contributed by atoms with E-state index in [0.717, 1.165) is 12.2 Å². The van der Waals surface area contributed by atoms with Crippen LogP contribution in [0.2, 0.25) is 0 Å². The summed E-state index contributed by atoms with van der Waals surface area (Å²) in [5, 5.41) is 12.5. The Kier molecular flexibility index (Phi) is 4.75. The highest BCUT2D eigenvalue weighted by molar-refractivity contribution is 5.52. The van der Waals surface area contributed by atoms with E-state index in [0.29, 0.717) is 17.4 Å². The van der Waals surface area contributed by atoms with Crippen molar-refractivity contribution in [2.75, 3.05) is 25.0 Å². The Morgan fingerprint density at radius 3 is 2.79 bits per heavy atom. The molecular weight excluding hydrogens is 236 g/mol. The second-order valence-corrected chi connectivity index (χ2v) is 5.37. The zero-order valence-electron chi connectivity index (χ0n) is 11.8. The van der Waals surface area contributed by atoms with Gasteiger partial charge in [0.15, 0.2) is 0 Å². The smallest absolute Gasteiger partial charge is 0.144 e. The number of rotatable bonds is 4. The zero-order valence-corrected chi connectivity index (χ0v) is 11.8. The van der Waals surface area contributed by atoms with E-state index >= 15 is 0 Å². The van der Waals surface area contributed by atoms with Crippen LogP contribution in [0.4, 0.5) is 5.82 Å². The standard InChI is InChI=1S/C15H22N4/c1-12-6-7-14(10-16)15(17-12)18-13(2)11-19-8-4-3-5-9-19/h6-7,13H,3-5,8-9,11H2,1-2H3,(H,17,18). The third kappa shape index (κ3) is 3.93. The van der Waals surface area contributed by atoms with Crippen LogP contribution in [-0.4, -0.2) is 35.6 Å². The van der Waals surface area contributed by atoms with E-state index in [1.54, 1.807) is 0 Å². The number of piperidine rings is 1. The van der Waals surface area contributed by atoms with Crippen molar-refractivity contribution in [3.8, 4) is 6.07 Å². The Labute approximate surface area is 115 Å². The highest BCUT2D eigenvalue weighted by Gasteiger charge is 2.14. The van der Waals surface area contributed by atoms with Crippen LogP contribution in [0.15, 0.2) is 12.1 Å². The number of aryl methyl sites for hydroxylation is 1. The molecule has 4 heteroatoms. The van der Waals surface area contributed by atoms with E-state index < -0.39 is 0 Å². The van der Waals surface area contributed by atoms with Gasteiger partial charge in [-0.25, -0.2) is 4.98 Å². The van der Waals surface area contributed by atoms with Gasteiger partial charge in [0.25, 0.3) is 0 Å². The van der Waals surface area contributed by atoms with Crippen molar-refractivity contribution in [2.45, 2.75) is 39.2 Å². The fraction of sp³-hybridized carbons (Fsp3) is 0.600. The van der Waals surface area contributed by atoms with Crippen LogP contribution in [0.1, 0.15) is 37.4 Å². The summed E-state index contributed by atoms with van der Waals surface area (Å²) in [6, 6.07) is 6.20. The second-order valence-electron chi connectivity index (χ2n) is 5.37. The summed E-state index contributed by atoms with van der Waals surface area (Å²) in [6.07, 6.45) is 3.97. The lowest BCUT2D eigenvalue weighted by Crippen LogP contribution is -2.38. The van der Waals surface area contributed by atoms with Gasteiger partial charge >= 0.3 is 0 Å². The van der Waals surface area contributed by atoms with Crippen molar-refractivity contribution in [1.29, 1.82) is 5.26 Å². The molecule has 1 aromatic heterocycles. The molecule has 19 heavy (non-hydrogen) atoms. The minimum atomic E-state index is 0.305. The normalized spacial score (nSPS) is 17.7. The number of hydrogen-bond acceptors (Lipinski definition) is 4. The van der Waals surface area contributed by atoms with Gasteiger partial charge in [-0.05, 0) is 51.9 Å². The lowest BCUT2D eigenvalue weighted by Gasteiger charge is -2.29. The Bertz CT molecular complexity index is 458. The average Bonchev–Trinajstić information content (AvgIpc) is 2.40. The first-order chi connectivity index (χ1) is 9.19. The summed E-state index contributed by atoms with van der Waals surface area (Å²) in [5.74, 6) is 0.715. The SMILES string of the molecule is Cc1ccc(C#N)c(NC(C)CN2CCCCC2)n1. The maximum absolute atomic E-state index is 9.10. The largest absolute Gasteiger partial charge is 0.365 e. The first-order valence-electron chi connectivity index (χ1n) is 7.05. The lowest BCUT2D eigenvalue weighted by molar-refractivity contribution is 0.223. The van der Waals surface area contributed by atoms with Crippen molar-refractivity contribution in [1.82, 2.24) is 9.88 Å². The number of aromatic nitrogens is 1. The summed E-state index contributed by atoms with van der Waals surface area (Å²) in [6.45, 7) is 7.50. The quantitative estimate of drug-likeness (QED) is 0.901. The summed E-state index contributed by atoms with van der Waals surface area (Å²) in [4.78, 5) is 6.91. The topological polar surface area (TPSA) is 52.0 Å². The number of likely N-dealkylation sites (tertiary alicyclic amines) is 1. The fourth-order valence-corrected chi connectivity index (χ4v) is 2.57. The number of anilines is 1. The van der Waals surface area contributed by atoms with Crippen LogP contribution in [0.3, 0.4) is 0 Å². The number of nitriles is 1. The Morgan fingerprint density at radius 2 is 2.11 bits per heavy atom. The van der Waals surface area contributed by atoms with Gasteiger partial charge in [0.1, 0.15) is 11.9 Å². The Hall–Kier alpha value is -1.60. The van der Waals surface area contributed by atoms with Gasteiger partial charge in [-0.3, -0.25) is 0 Å². The van der Waals surface area contributed by atoms with E-state index in [1.807, 2.05) is 19.1 Å². The van der Waals surface area contributed by atoms with Crippen LogP contribution in [-0.2, 0) is 0 Å². The lowest BCUT2D eigenvalue weighted by atomic mass is 10.1. The minimum Gasteiger partial charge on any atom is -0.365 e. The summed E-state index contributed by atoms with van der Waals surface area (Å²) >= 11 is 0. The van der Waals surface area contributed by atoms with E-state index in [1.165, 1.54) is 32.4 Å². The summed E-state index contributed by atoms with van der Waals surface area (Å²) < 4.78 is 0. The van der Waals surface area contributed by atoms with E-state index in [4.69, 9.17) is 5.26 Å². The molecule has 1 unspecified atom stereocenters. The zero-order chi connectivity index (χ0) is 13.7. The van der Waals surface area contributed by atoms with E-state index in [9.17, 15) is 0 Å². The maximum atomic E-state index is 9.10. The Balaban J connectivity index is 1.96. The monoisotopic (exact) mass is 258 g/mol. The van der Waals surface area contributed by atoms with Crippen molar-refractivity contribution >= 4 is 5.82 Å².